The second kappa shape index (κ2) is 8.55. The Hall–Kier alpha value is -1.13. The Labute approximate surface area is 178 Å². The summed E-state index contributed by atoms with van der Waals surface area (Å²) in [7, 11) is 0. The van der Waals surface area contributed by atoms with Gasteiger partial charge in [-0.2, -0.15) is 0 Å². The largest absolute Gasteiger partial charge is 0.357 e. The van der Waals surface area contributed by atoms with Gasteiger partial charge in [0.15, 0.2) is 0 Å². The van der Waals surface area contributed by atoms with Gasteiger partial charge in [0, 0.05) is 31.4 Å². The molecule has 4 rings (SSSR count). The molecule has 1 aromatic rings. The molecule has 0 N–H and O–H groups in total. The number of aromatic nitrogens is 1. The van der Waals surface area contributed by atoms with Gasteiger partial charge in [-0.3, -0.25) is 4.90 Å². The first-order valence-corrected chi connectivity index (χ1v) is 12.0. The zero-order chi connectivity index (χ0) is 20.5. The Kier molecular flexibility index (Phi) is 6.22. The first kappa shape index (κ1) is 21.1. The maximum Gasteiger partial charge on any atom is 0.128 e. The van der Waals surface area contributed by atoms with Crippen LogP contribution in [0.15, 0.2) is 18.3 Å². The number of hydrogen-bond donors (Lipinski definition) is 0. The normalized spacial score (nSPS) is 24.9. The molecule has 3 fully saturated rings. The van der Waals surface area contributed by atoms with Gasteiger partial charge in [-0.15, -0.1) is 0 Å². The molecule has 3 saturated heterocycles. The lowest BCUT2D eigenvalue weighted by atomic mass is 9.70. The lowest BCUT2D eigenvalue weighted by molar-refractivity contribution is 0.000127. The second-order valence-corrected chi connectivity index (χ2v) is 11.1. The molecular weight excluding hydrogens is 356 g/mol. The molecule has 0 atom stereocenters. The summed E-state index contributed by atoms with van der Waals surface area (Å²) in [6, 6.07) is 4.37. The number of aryl methyl sites for hydroxylation is 1. The standard InChI is InChI=1S/C25H42N4/c1-21-5-6-23(26-19-21)28-13-7-22(8-14-28)20-27-15-9-25(10-16-27)11-17-29(18-12-25)24(2,3)4/h5-6,19,22H,7-18,20H2,1-4H3. The zero-order valence-electron chi connectivity index (χ0n) is 19.3. The highest BCUT2D eigenvalue weighted by Gasteiger charge is 2.39. The molecule has 3 aliphatic rings. The number of anilines is 1. The molecule has 4 heterocycles. The van der Waals surface area contributed by atoms with Gasteiger partial charge in [0.25, 0.3) is 0 Å². The topological polar surface area (TPSA) is 22.6 Å². The third-order valence-corrected chi connectivity index (χ3v) is 8.04. The molecule has 4 nitrogen and oxygen atoms in total. The van der Waals surface area contributed by atoms with Crippen LogP contribution in [-0.2, 0) is 0 Å². The SMILES string of the molecule is Cc1ccc(N2CCC(CN3CCC4(CC3)CCN(C(C)(C)C)CC4)CC2)nc1. The quantitative estimate of drug-likeness (QED) is 0.743. The second-order valence-electron chi connectivity index (χ2n) is 11.1. The van der Waals surface area contributed by atoms with Crippen molar-refractivity contribution in [2.24, 2.45) is 11.3 Å². The van der Waals surface area contributed by atoms with E-state index in [0.717, 1.165) is 11.7 Å². The highest BCUT2D eigenvalue weighted by atomic mass is 15.2. The summed E-state index contributed by atoms with van der Waals surface area (Å²) in [6.45, 7) is 18.1. The number of rotatable bonds is 3. The fraction of sp³-hybridized carbons (Fsp3) is 0.800. The molecule has 0 unspecified atom stereocenters. The number of piperidine rings is 3. The third kappa shape index (κ3) is 5.14. The Morgan fingerprint density at radius 2 is 1.55 bits per heavy atom. The highest BCUT2D eigenvalue weighted by Crippen LogP contribution is 2.42. The van der Waals surface area contributed by atoms with E-state index in [4.69, 9.17) is 0 Å². The van der Waals surface area contributed by atoms with Crippen molar-refractivity contribution in [3.63, 3.8) is 0 Å². The van der Waals surface area contributed by atoms with E-state index >= 15 is 0 Å². The average molecular weight is 399 g/mol. The Morgan fingerprint density at radius 3 is 2.10 bits per heavy atom. The molecule has 1 aromatic heterocycles. The third-order valence-electron chi connectivity index (χ3n) is 8.04. The van der Waals surface area contributed by atoms with Gasteiger partial charge in [0.1, 0.15) is 5.82 Å². The molecular formula is C25H42N4. The first-order chi connectivity index (χ1) is 13.8. The molecule has 0 amide bonds. The Bertz CT molecular complexity index is 636. The van der Waals surface area contributed by atoms with Crippen LogP contribution in [0.25, 0.3) is 0 Å². The number of likely N-dealkylation sites (tertiary alicyclic amines) is 2. The number of hydrogen-bond acceptors (Lipinski definition) is 4. The monoisotopic (exact) mass is 398 g/mol. The highest BCUT2D eigenvalue weighted by molar-refractivity contribution is 5.39. The summed E-state index contributed by atoms with van der Waals surface area (Å²) in [5.74, 6) is 2.03. The van der Waals surface area contributed by atoms with E-state index in [1.807, 2.05) is 6.20 Å². The van der Waals surface area contributed by atoms with Gasteiger partial charge in [0.05, 0.1) is 0 Å². The van der Waals surface area contributed by atoms with Gasteiger partial charge in [-0.05, 0) is 115 Å². The fourth-order valence-electron chi connectivity index (χ4n) is 5.72. The molecule has 0 bridgehead atoms. The Morgan fingerprint density at radius 1 is 0.931 bits per heavy atom. The van der Waals surface area contributed by atoms with Crippen LogP contribution in [-0.4, -0.2) is 66.1 Å². The van der Waals surface area contributed by atoms with Gasteiger partial charge in [-0.25, -0.2) is 4.98 Å². The summed E-state index contributed by atoms with van der Waals surface area (Å²) < 4.78 is 0. The van der Waals surface area contributed by atoms with Crippen LogP contribution in [0.3, 0.4) is 0 Å². The van der Waals surface area contributed by atoms with E-state index < -0.39 is 0 Å². The first-order valence-electron chi connectivity index (χ1n) is 12.0. The number of pyridine rings is 1. The summed E-state index contributed by atoms with van der Waals surface area (Å²) in [5.41, 5.74) is 2.24. The molecule has 29 heavy (non-hydrogen) atoms. The van der Waals surface area contributed by atoms with Crippen LogP contribution in [0.5, 0.6) is 0 Å². The maximum absolute atomic E-state index is 4.62. The minimum Gasteiger partial charge on any atom is -0.357 e. The van der Waals surface area contributed by atoms with Crippen molar-refractivity contribution in [2.45, 2.75) is 71.8 Å². The number of nitrogens with zero attached hydrogens (tertiary/aromatic N) is 4. The van der Waals surface area contributed by atoms with Gasteiger partial charge >= 0.3 is 0 Å². The van der Waals surface area contributed by atoms with Gasteiger partial charge < -0.3 is 9.80 Å². The zero-order valence-corrected chi connectivity index (χ0v) is 19.3. The van der Waals surface area contributed by atoms with Crippen LogP contribution in [0, 0.1) is 18.3 Å². The summed E-state index contributed by atoms with van der Waals surface area (Å²) in [4.78, 5) is 12.6. The van der Waals surface area contributed by atoms with E-state index in [1.165, 1.54) is 89.9 Å². The average Bonchev–Trinajstić information content (AvgIpc) is 2.71. The van der Waals surface area contributed by atoms with Crippen molar-refractivity contribution in [3.8, 4) is 0 Å². The Balaban J connectivity index is 1.20. The van der Waals surface area contributed by atoms with Crippen molar-refractivity contribution in [1.82, 2.24) is 14.8 Å². The minimum atomic E-state index is 0.339. The molecule has 0 aromatic carbocycles. The van der Waals surface area contributed by atoms with Crippen molar-refractivity contribution >= 4 is 5.82 Å². The fourth-order valence-corrected chi connectivity index (χ4v) is 5.72. The van der Waals surface area contributed by atoms with Crippen LogP contribution >= 0.6 is 0 Å². The van der Waals surface area contributed by atoms with E-state index in [9.17, 15) is 0 Å². The van der Waals surface area contributed by atoms with Crippen LogP contribution in [0.1, 0.15) is 64.9 Å². The summed E-state index contributed by atoms with van der Waals surface area (Å²) in [5, 5.41) is 0. The smallest absolute Gasteiger partial charge is 0.128 e. The maximum atomic E-state index is 4.62. The molecule has 1 spiro atoms. The molecule has 0 radical (unpaired) electrons. The lowest BCUT2D eigenvalue weighted by Gasteiger charge is -2.50. The van der Waals surface area contributed by atoms with Crippen LogP contribution in [0.2, 0.25) is 0 Å². The molecule has 3 aliphatic heterocycles. The predicted molar refractivity (Wildman–Crippen MR) is 123 cm³/mol. The van der Waals surface area contributed by atoms with E-state index in [0.29, 0.717) is 11.0 Å². The van der Waals surface area contributed by atoms with Crippen LogP contribution < -0.4 is 4.90 Å². The van der Waals surface area contributed by atoms with E-state index in [1.54, 1.807) is 0 Å². The van der Waals surface area contributed by atoms with Gasteiger partial charge in [-0.1, -0.05) is 6.07 Å². The summed E-state index contributed by atoms with van der Waals surface area (Å²) in [6.07, 6.45) is 10.3. The van der Waals surface area contributed by atoms with Crippen LogP contribution in [0.4, 0.5) is 5.82 Å². The van der Waals surface area contributed by atoms with Crippen molar-refractivity contribution in [1.29, 1.82) is 0 Å². The molecule has 162 valence electrons. The van der Waals surface area contributed by atoms with Crippen molar-refractivity contribution in [2.75, 3.05) is 50.7 Å². The van der Waals surface area contributed by atoms with Gasteiger partial charge in [0.2, 0.25) is 0 Å². The van der Waals surface area contributed by atoms with E-state index in [2.05, 4.69) is 59.5 Å². The van der Waals surface area contributed by atoms with Crippen molar-refractivity contribution < 1.29 is 0 Å². The van der Waals surface area contributed by atoms with E-state index in [-0.39, 0.29) is 0 Å². The molecule has 4 heteroatoms. The lowest BCUT2D eigenvalue weighted by Crippen LogP contribution is -2.52. The predicted octanol–water partition coefficient (Wildman–Crippen LogP) is 4.58. The molecule has 0 aliphatic carbocycles. The molecule has 0 saturated carbocycles. The minimum absolute atomic E-state index is 0.339. The summed E-state index contributed by atoms with van der Waals surface area (Å²) >= 11 is 0. The van der Waals surface area contributed by atoms with Crippen molar-refractivity contribution in [3.05, 3.63) is 23.9 Å².